The first kappa shape index (κ1) is 12.0. The molecular weight excluding hydrogens is 260 g/mol. The van der Waals surface area contributed by atoms with E-state index >= 15 is 0 Å². The molecule has 0 unspecified atom stereocenters. The summed E-state index contributed by atoms with van der Waals surface area (Å²) in [5.74, 6) is 0. The third-order valence-corrected chi connectivity index (χ3v) is 2.02. The Hall–Kier alpha value is -1.07. The van der Waals surface area contributed by atoms with Gasteiger partial charge in [0.25, 0.3) is 0 Å². The van der Waals surface area contributed by atoms with Gasteiger partial charge >= 0.3 is 6.03 Å². The van der Waals surface area contributed by atoms with Gasteiger partial charge in [-0.15, -0.1) is 0 Å². The Morgan fingerprint density at radius 2 is 1.93 bits per heavy atom. The van der Waals surface area contributed by atoms with Crippen molar-refractivity contribution in [3.8, 4) is 0 Å². The number of halogens is 1. The summed E-state index contributed by atoms with van der Waals surface area (Å²) in [4.78, 5) is 16.2. The van der Waals surface area contributed by atoms with Gasteiger partial charge in [-0.2, -0.15) is 0 Å². The van der Waals surface area contributed by atoms with Crippen molar-refractivity contribution in [3.05, 3.63) is 28.7 Å². The number of urea groups is 1. The number of carbonyl (C=O) groups excluding carboxylic acids is 1. The maximum Gasteiger partial charge on any atom is 0.343 e. The molecular formula is C10H13BrN2O2. The Morgan fingerprint density at radius 3 is 2.47 bits per heavy atom. The summed E-state index contributed by atoms with van der Waals surface area (Å²) in [6, 6.07) is 6.89. The van der Waals surface area contributed by atoms with Crippen LogP contribution in [0.3, 0.4) is 0 Å². The Labute approximate surface area is 97.1 Å². The molecule has 1 aromatic rings. The Morgan fingerprint density at radius 1 is 1.33 bits per heavy atom. The molecule has 0 saturated carbocycles. The van der Waals surface area contributed by atoms with Crippen LogP contribution in [0.5, 0.6) is 0 Å². The zero-order valence-electron chi connectivity index (χ0n) is 8.58. The van der Waals surface area contributed by atoms with Crippen LogP contribution in [-0.2, 0) is 4.84 Å². The van der Waals surface area contributed by atoms with Gasteiger partial charge in [-0.05, 0) is 38.1 Å². The molecule has 4 nitrogen and oxygen atoms in total. The number of hydroxylamine groups is 1. The van der Waals surface area contributed by atoms with E-state index in [1.54, 1.807) is 12.1 Å². The van der Waals surface area contributed by atoms with Crippen LogP contribution in [0.25, 0.3) is 0 Å². The first-order chi connectivity index (χ1) is 7.08. The van der Waals surface area contributed by atoms with Crippen LogP contribution in [0, 0.1) is 0 Å². The number of hydrogen-bond donors (Lipinski definition) is 2. The molecule has 0 saturated heterocycles. The minimum Gasteiger partial charge on any atom is -0.306 e. The highest BCUT2D eigenvalue weighted by Crippen LogP contribution is 2.13. The summed E-state index contributed by atoms with van der Waals surface area (Å²) < 4.78 is 0.965. The van der Waals surface area contributed by atoms with Gasteiger partial charge in [0.05, 0.1) is 6.10 Å². The van der Waals surface area contributed by atoms with Crippen molar-refractivity contribution >= 4 is 27.6 Å². The third kappa shape index (κ3) is 4.80. The molecule has 0 spiro atoms. The number of rotatable bonds is 3. The van der Waals surface area contributed by atoms with Crippen LogP contribution in [0.4, 0.5) is 10.5 Å². The fourth-order valence-electron chi connectivity index (χ4n) is 0.861. The smallest absolute Gasteiger partial charge is 0.306 e. The van der Waals surface area contributed by atoms with Crippen molar-refractivity contribution in [1.82, 2.24) is 5.48 Å². The molecule has 0 aromatic heterocycles. The van der Waals surface area contributed by atoms with E-state index in [1.807, 2.05) is 26.0 Å². The van der Waals surface area contributed by atoms with Crippen molar-refractivity contribution < 1.29 is 9.63 Å². The fraction of sp³-hybridized carbons (Fsp3) is 0.300. The standard InChI is InChI=1S/C10H13BrN2O2/c1-7(2)15-13-10(14)12-9-5-3-8(11)4-6-9/h3-7H,1-2H3,(H2,12,13,14). The molecule has 2 N–H and O–H groups in total. The molecule has 2 amide bonds. The Bertz CT molecular complexity index is 325. The van der Waals surface area contributed by atoms with Gasteiger partial charge < -0.3 is 5.32 Å². The highest BCUT2D eigenvalue weighted by atomic mass is 79.9. The largest absolute Gasteiger partial charge is 0.343 e. The number of hydrogen-bond acceptors (Lipinski definition) is 2. The molecule has 5 heteroatoms. The molecule has 0 aliphatic carbocycles. The summed E-state index contributed by atoms with van der Waals surface area (Å²) in [6.07, 6.45) is -0.0410. The van der Waals surface area contributed by atoms with Gasteiger partial charge in [0.2, 0.25) is 0 Å². The molecule has 1 aromatic carbocycles. The van der Waals surface area contributed by atoms with Crippen molar-refractivity contribution in [2.75, 3.05) is 5.32 Å². The van der Waals surface area contributed by atoms with Gasteiger partial charge in [0.15, 0.2) is 0 Å². The Kier molecular flexibility index (Phi) is 4.58. The second-order valence-electron chi connectivity index (χ2n) is 3.23. The third-order valence-electron chi connectivity index (χ3n) is 1.49. The quantitative estimate of drug-likeness (QED) is 0.832. The highest BCUT2D eigenvalue weighted by Gasteiger charge is 2.02. The zero-order chi connectivity index (χ0) is 11.3. The predicted molar refractivity (Wildman–Crippen MR) is 62.5 cm³/mol. The second-order valence-corrected chi connectivity index (χ2v) is 4.15. The molecule has 0 radical (unpaired) electrons. The molecule has 0 fully saturated rings. The van der Waals surface area contributed by atoms with Gasteiger partial charge in [-0.3, -0.25) is 4.84 Å². The van der Waals surface area contributed by atoms with Gasteiger partial charge in [-0.1, -0.05) is 15.9 Å². The molecule has 0 bridgehead atoms. The first-order valence-electron chi connectivity index (χ1n) is 4.56. The van der Waals surface area contributed by atoms with E-state index in [0.717, 1.165) is 4.47 Å². The lowest BCUT2D eigenvalue weighted by Gasteiger charge is -2.09. The van der Waals surface area contributed by atoms with Crippen molar-refractivity contribution in [3.63, 3.8) is 0 Å². The van der Waals surface area contributed by atoms with E-state index in [9.17, 15) is 4.79 Å². The second kappa shape index (κ2) is 5.72. The van der Waals surface area contributed by atoms with E-state index in [4.69, 9.17) is 4.84 Å². The average Bonchev–Trinajstić information content (AvgIpc) is 2.19. The van der Waals surface area contributed by atoms with E-state index in [2.05, 4.69) is 26.7 Å². The fourth-order valence-corrected chi connectivity index (χ4v) is 1.13. The minimum atomic E-state index is -0.383. The summed E-state index contributed by atoms with van der Waals surface area (Å²) in [5.41, 5.74) is 2.99. The molecule has 0 atom stereocenters. The summed E-state index contributed by atoms with van der Waals surface area (Å²) >= 11 is 3.31. The monoisotopic (exact) mass is 272 g/mol. The van der Waals surface area contributed by atoms with Crippen LogP contribution in [0.2, 0.25) is 0 Å². The molecule has 15 heavy (non-hydrogen) atoms. The molecule has 82 valence electrons. The number of nitrogens with one attached hydrogen (secondary N) is 2. The average molecular weight is 273 g/mol. The van der Waals surface area contributed by atoms with Gasteiger partial charge in [-0.25, -0.2) is 10.3 Å². The number of carbonyl (C=O) groups is 1. The maximum absolute atomic E-state index is 11.2. The van der Waals surface area contributed by atoms with Crippen LogP contribution in [0.1, 0.15) is 13.8 Å². The summed E-state index contributed by atoms with van der Waals surface area (Å²) in [5, 5.41) is 2.63. The topological polar surface area (TPSA) is 50.4 Å². The van der Waals surface area contributed by atoms with E-state index in [0.29, 0.717) is 5.69 Å². The van der Waals surface area contributed by atoms with Gasteiger partial charge in [0.1, 0.15) is 0 Å². The zero-order valence-corrected chi connectivity index (χ0v) is 10.2. The minimum absolute atomic E-state index is 0.0410. The molecule has 0 aliphatic heterocycles. The maximum atomic E-state index is 11.2. The van der Waals surface area contributed by atoms with Crippen LogP contribution < -0.4 is 10.8 Å². The number of anilines is 1. The molecule has 0 aliphatic rings. The van der Waals surface area contributed by atoms with Crippen molar-refractivity contribution in [2.24, 2.45) is 0 Å². The lowest BCUT2D eigenvalue weighted by atomic mass is 10.3. The molecule has 0 heterocycles. The highest BCUT2D eigenvalue weighted by molar-refractivity contribution is 9.10. The van der Waals surface area contributed by atoms with Crippen LogP contribution in [-0.4, -0.2) is 12.1 Å². The molecule has 1 rings (SSSR count). The van der Waals surface area contributed by atoms with E-state index in [-0.39, 0.29) is 12.1 Å². The summed E-state index contributed by atoms with van der Waals surface area (Å²) in [6.45, 7) is 3.67. The normalized spacial score (nSPS) is 10.1. The first-order valence-corrected chi connectivity index (χ1v) is 5.35. The number of amides is 2. The van der Waals surface area contributed by atoms with E-state index in [1.165, 1.54) is 0 Å². The van der Waals surface area contributed by atoms with Crippen LogP contribution in [0.15, 0.2) is 28.7 Å². The lowest BCUT2D eigenvalue weighted by molar-refractivity contribution is 0.0199. The van der Waals surface area contributed by atoms with Crippen LogP contribution >= 0.6 is 15.9 Å². The van der Waals surface area contributed by atoms with E-state index < -0.39 is 0 Å². The van der Waals surface area contributed by atoms with Gasteiger partial charge in [0, 0.05) is 10.2 Å². The SMILES string of the molecule is CC(C)ONC(=O)Nc1ccc(Br)cc1. The van der Waals surface area contributed by atoms with Crippen molar-refractivity contribution in [1.29, 1.82) is 0 Å². The lowest BCUT2D eigenvalue weighted by Crippen LogP contribution is -2.31. The Balaban J connectivity index is 2.41. The van der Waals surface area contributed by atoms with Crippen molar-refractivity contribution in [2.45, 2.75) is 20.0 Å². The predicted octanol–water partition coefficient (Wildman–Crippen LogP) is 2.91. The number of benzene rings is 1. The summed E-state index contributed by atoms with van der Waals surface area (Å²) in [7, 11) is 0.